The second kappa shape index (κ2) is 10.9. The third-order valence-corrected chi connectivity index (χ3v) is 7.02. The highest BCUT2D eigenvalue weighted by atomic mass is 19.1. The van der Waals surface area contributed by atoms with Crippen molar-refractivity contribution in [1.29, 1.82) is 0 Å². The summed E-state index contributed by atoms with van der Waals surface area (Å²) in [5.74, 6) is -1.62. The van der Waals surface area contributed by atoms with Crippen LogP contribution in [0.2, 0.25) is 0 Å². The summed E-state index contributed by atoms with van der Waals surface area (Å²) in [6.07, 6.45) is 3.51. The molecule has 2 heterocycles. The minimum Gasteiger partial charge on any atom is -0.486 e. The van der Waals surface area contributed by atoms with Crippen molar-refractivity contribution in [3.05, 3.63) is 65.0 Å². The Balaban J connectivity index is 1.36. The number of hydrogen-bond acceptors (Lipinski definition) is 7. The van der Waals surface area contributed by atoms with E-state index in [-0.39, 0.29) is 47.6 Å². The lowest BCUT2D eigenvalue weighted by Crippen LogP contribution is -2.45. The first-order valence-corrected chi connectivity index (χ1v) is 12.7. The number of carbonyl (C=O) groups excluding carboxylic acids is 2. The van der Waals surface area contributed by atoms with Crippen LogP contribution in [0, 0.1) is 18.6 Å². The average Bonchev–Trinajstić information content (AvgIpc) is 3.71. The Hall–Kier alpha value is -4.12. The first-order chi connectivity index (χ1) is 18.7. The molecule has 1 atom stereocenters. The molecular formula is C28H29F2N5O4. The van der Waals surface area contributed by atoms with Crippen LogP contribution < -0.4 is 15.8 Å². The van der Waals surface area contributed by atoms with Crippen LogP contribution in [0.3, 0.4) is 0 Å². The molecule has 2 aliphatic rings. The van der Waals surface area contributed by atoms with E-state index in [9.17, 15) is 18.4 Å². The number of nitrogens with two attached hydrogens (primary N) is 1. The summed E-state index contributed by atoms with van der Waals surface area (Å²) in [5.41, 5.74) is 7.95. The molecule has 1 aliphatic heterocycles. The van der Waals surface area contributed by atoms with Gasteiger partial charge in [-0.1, -0.05) is 6.07 Å². The first-order valence-electron chi connectivity index (χ1n) is 12.7. The maximum Gasteiger partial charge on any atom is 0.258 e. The van der Waals surface area contributed by atoms with Crippen LogP contribution in [0.1, 0.15) is 46.7 Å². The third-order valence-electron chi connectivity index (χ3n) is 7.02. The molecule has 0 bridgehead atoms. The van der Waals surface area contributed by atoms with E-state index in [0.29, 0.717) is 30.1 Å². The van der Waals surface area contributed by atoms with Crippen LogP contribution in [-0.4, -0.2) is 59.6 Å². The number of rotatable bonds is 9. The number of halogens is 2. The molecule has 2 amide bonds. The van der Waals surface area contributed by atoms with Crippen molar-refractivity contribution in [2.45, 2.75) is 38.2 Å². The van der Waals surface area contributed by atoms with Crippen molar-refractivity contribution in [2.75, 3.05) is 37.9 Å². The zero-order valence-corrected chi connectivity index (χ0v) is 21.7. The summed E-state index contributed by atoms with van der Waals surface area (Å²) in [6.45, 7) is 2.57. The molecule has 2 aromatic carbocycles. The molecule has 1 aliphatic carbocycles. The SMILES string of the molecule is Cc1c(NC(=O)c2ccc(C3CC3)cc2F)cc(F)cc1-c1ncnc(N)c1OCCN(C)C(=O)C1CCO1. The van der Waals surface area contributed by atoms with E-state index in [1.54, 1.807) is 20.0 Å². The minimum absolute atomic E-state index is 0.0309. The second-order valence-corrected chi connectivity index (χ2v) is 9.79. The average molecular weight is 538 g/mol. The first kappa shape index (κ1) is 26.5. The minimum atomic E-state index is -0.698. The van der Waals surface area contributed by atoms with E-state index in [1.165, 1.54) is 29.4 Å². The van der Waals surface area contributed by atoms with Gasteiger partial charge in [-0.2, -0.15) is 0 Å². The fourth-order valence-electron chi connectivity index (χ4n) is 4.42. The van der Waals surface area contributed by atoms with Crippen LogP contribution in [0.4, 0.5) is 20.3 Å². The zero-order valence-electron chi connectivity index (χ0n) is 21.7. The number of aromatic nitrogens is 2. The molecule has 3 aromatic rings. The van der Waals surface area contributed by atoms with E-state index >= 15 is 0 Å². The maximum atomic E-state index is 14.8. The highest BCUT2D eigenvalue weighted by Crippen LogP contribution is 2.40. The molecule has 0 radical (unpaired) electrons. The normalized spacial score (nSPS) is 16.4. The smallest absolute Gasteiger partial charge is 0.258 e. The summed E-state index contributed by atoms with van der Waals surface area (Å²) in [7, 11) is 1.65. The van der Waals surface area contributed by atoms with Crippen LogP contribution in [-0.2, 0) is 9.53 Å². The number of benzene rings is 2. The van der Waals surface area contributed by atoms with Gasteiger partial charge < -0.3 is 25.4 Å². The lowest BCUT2D eigenvalue weighted by molar-refractivity contribution is -0.155. The topological polar surface area (TPSA) is 120 Å². The van der Waals surface area contributed by atoms with E-state index < -0.39 is 23.6 Å². The molecule has 5 rings (SSSR count). The number of nitrogens with one attached hydrogen (secondary N) is 1. The van der Waals surface area contributed by atoms with Crippen molar-refractivity contribution in [3.63, 3.8) is 0 Å². The van der Waals surface area contributed by atoms with Gasteiger partial charge in [0.2, 0.25) is 0 Å². The molecule has 1 saturated carbocycles. The lowest BCUT2D eigenvalue weighted by Gasteiger charge is -2.29. The van der Waals surface area contributed by atoms with Crippen molar-refractivity contribution >= 4 is 23.3 Å². The monoisotopic (exact) mass is 537 g/mol. The standard InChI is InChI=1S/C28H29F2N5O4/c1-15-20(24-25(26(31)33-14-32-24)39-10-8-35(2)28(37)23-7-9-38-23)12-18(29)13-22(15)34-27(36)19-6-5-17(11-21(19)30)16-3-4-16/h5-6,11-14,16,23H,3-4,7-10H2,1-2H3,(H,34,36)(H2,31,32,33). The second-order valence-electron chi connectivity index (χ2n) is 9.79. The summed E-state index contributed by atoms with van der Waals surface area (Å²) in [4.78, 5) is 35.0. The number of nitrogen functional groups attached to an aromatic ring is 1. The fourth-order valence-corrected chi connectivity index (χ4v) is 4.42. The number of carbonyl (C=O) groups is 2. The molecule has 11 heteroatoms. The number of likely N-dealkylation sites (N-methyl/N-ethyl adjacent to an activating group) is 1. The van der Waals surface area contributed by atoms with Gasteiger partial charge in [-0.05, 0) is 61.1 Å². The number of nitrogens with zero attached hydrogens (tertiary/aromatic N) is 3. The number of hydrogen-bond donors (Lipinski definition) is 2. The lowest BCUT2D eigenvalue weighted by atomic mass is 10.0. The maximum absolute atomic E-state index is 14.8. The Bertz CT molecular complexity index is 1430. The number of anilines is 2. The molecule has 3 N–H and O–H groups in total. The van der Waals surface area contributed by atoms with Gasteiger partial charge in [0.05, 0.1) is 18.7 Å². The molecule has 2 fully saturated rings. The summed E-state index contributed by atoms with van der Waals surface area (Å²) >= 11 is 0. The van der Waals surface area contributed by atoms with Gasteiger partial charge >= 0.3 is 0 Å². The van der Waals surface area contributed by atoms with Crippen molar-refractivity contribution in [1.82, 2.24) is 14.9 Å². The Morgan fingerprint density at radius 1 is 1.18 bits per heavy atom. The molecular weight excluding hydrogens is 508 g/mol. The largest absolute Gasteiger partial charge is 0.486 e. The van der Waals surface area contributed by atoms with Gasteiger partial charge in [-0.15, -0.1) is 0 Å². The predicted octanol–water partition coefficient (Wildman–Crippen LogP) is 4.07. The summed E-state index contributed by atoms with van der Waals surface area (Å²) in [6, 6.07) is 6.98. The van der Waals surface area contributed by atoms with Gasteiger partial charge in [-0.3, -0.25) is 9.59 Å². The highest BCUT2D eigenvalue weighted by Gasteiger charge is 2.29. The Kier molecular flexibility index (Phi) is 7.42. The molecule has 1 saturated heterocycles. The number of ether oxygens (including phenoxy) is 2. The van der Waals surface area contributed by atoms with E-state index in [0.717, 1.165) is 24.5 Å². The van der Waals surface area contributed by atoms with E-state index in [4.69, 9.17) is 15.2 Å². The zero-order chi connectivity index (χ0) is 27.7. The van der Waals surface area contributed by atoms with Gasteiger partial charge in [0.1, 0.15) is 36.4 Å². The quantitative estimate of drug-likeness (QED) is 0.422. The van der Waals surface area contributed by atoms with Crippen LogP contribution in [0.5, 0.6) is 5.75 Å². The number of amides is 2. The molecule has 1 unspecified atom stereocenters. The van der Waals surface area contributed by atoms with Crippen LogP contribution in [0.15, 0.2) is 36.7 Å². The predicted molar refractivity (Wildman–Crippen MR) is 140 cm³/mol. The Morgan fingerprint density at radius 3 is 2.62 bits per heavy atom. The van der Waals surface area contributed by atoms with Crippen LogP contribution >= 0.6 is 0 Å². The van der Waals surface area contributed by atoms with Gasteiger partial charge in [0.25, 0.3) is 11.8 Å². The van der Waals surface area contributed by atoms with E-state index in [1.807, 2.05) is 0 Å². The van der Waals surface area contributed by atoms with Crippen LogP contribution in [0.25, 0.3) is 11.3 Å². The highest BCUT2D eigenvalue weighted by molar-refractivity contribution is 6.05. The Morgan fingerprint density at radius 2 is 1.95 bits per heavy atom. The third kappa shape index (κ3) is 5.68. The summed E-state index contributed by atoms with van der Waals surface area (Å²) < 4.78 is 40.6. The molecule has 204 valence electrons. The van der Waals surface area contributed by atoms with Gasteiger partial charge in [-0.25, -0.2) is 18.7 Å². The molecule has 39 heavy (non-hydrogen) atoms. The van der Waals surface area contributed by atoms with Crippen molar-refractivity contribution < 1.29 is 27.8 Å². The Labute approximate surface area is 224 Å². The van der Waals surface area contributed by atoms with Crippen molar-refractivity contribution in [2.24, 2.45) is 0 Å². The molecule has 1 aromatic heterocycles. The molecule has 0 spiro atoms. The van der Waals surface area contributed by atoms with Gasteiger partial charge in [0.15, 0.2) is 11.6 Å². The van der Waals surface area contributed by atoms with Gasteiger partial charge in [0, 0.05) is 24.7 Å². The summed E-state index contributed by atoms with van der Waals surface area (Å²) in [5, 5.41) is 2.62. The van der Waals surface area contributed by atoms with E-state index in [2.05, 4.69) is 15.3 Å². The fraction of sp³-hybridized carbons (Fsp3) is 0.357. The molecule has 9 nitrogen and oxygen atoms in total. The van der Waals surface area contributed by atoms with Crippen molar-refractivity contribution in [3.8, 4) is 17.0 Å².